The van der Waals surface area contributed by atoms with Crippen LogP contribution in [0.25, 0.3) is 0 Å². The van der Waals surface area contributed by atoms with Crippen molar-refractivity contribution < 1.29 is 0 Å². The van der Waals surface area contributed by atoms with Gasteiger partial charge < -0.3 is 5.32 Å². The first kappa shape index (κ1) is 13.0. The summed E-state index contributed by atoms with van der Waals surface area (Å²) in [6.07, 6.45) is 0. The van der Waals surface area contributed by atoms with Crippen LogP contribution in [0.15, 0.2) is 36.4 Å². The SMILES string of the molecule is Cc1cc(Cl)ccc1NCc1cccc(C)c1C. The maximum Gasteiger partial charge on any atom is 0.0410 e. The molecule has 1 N–H and O–H groups in total. The number of rotatable bonds is 3. The van der Waals surface area contributed by atoms with Crippen LogP contribution < -0.4 is 5.32 Å². The molecular weight excluding hydrogens is 242 g/mol. The molecule has 0 unspecified atom stereocenters. The van der Waals surface area contributed by atoms with Crippen molar-refractivity contribution in [2.24, 2.45) is 0 Å². The van der Waals surface area contributed by atoms with Crippen LogP contribution in [0.4, 0.5) is 5.69 Å². The minimum atomic E-state index is 0.782. The highest BCUT2D eigenvalue weighted by Crippen LogP contribution is 2.21. The molecule has 0 bridgehead atoms. The van der Waals surface area contributed by atoms with E-state index in [1.807, 2.05) is 18.2 Å². The van der Waals surface area contributed by atoms with E-state index in [1.165, 1.54) is 22.3 Å². The Morgan fingerprint density at radius 3 is 2.50 bits per heavy atom. The summed E-state index contributed by atoms with van der Waals surface area (Å²) in [7, 11) is 0. The third-order valence-corrected chi connectivity index (χ3v) is 3.61. The van der Waals surface area contributed by atoms with Gasteiger partial charge in [-0.25, -0.2) is 0 Å². The number of nitrogens with one attached hydrogen (secondary N) is 1. The van der Waals surface area contributed by atoms with E-state index >= 15 is 0 Å². The van der Waals surface area contributed by atoms with Crippen LogP contribution in [0.5, 0.6) is 0 Å². The first-order valence-corrected chi connectivity index (χ1v) is 6.51. The summed E-state index contributed by atoms with van der Waals surface area (Å²) in [5.74, 6) is 0. The zero-order valence-corrected chi connectivity index (χ0v) is 11.8. The first-order valence-electron chi connectivity index (χ1n) is 6.13. The van der Waals surface area contributed by atoms with Gasteiger partial charge in [0.2, 0.25) is 0 Å². The van der Waals surface area contributed by atoms with Crippen molar-refractivity contribution in [1.29, 1.82) is 0 Å². The lowest BCUT2D eigenvalue weighted by atomic mass is 10.0. The Hall–Kier alpha value is -1.47. The van der Waals surface area contributed by atoms with Gasteiger partial charge in [-0.05, 0) is 61.2 Å². The van der Waals surface area contributed by atoms with E-state index in [2.05, 4.69) is 44.3 Å². The molecule has 0 aliphatic carbocycles. The van der Waals surface area contributed by atoms with Gasteiger partial charge in [-0.3, -0.25) is 0 Å². The number of hydrogen-bond donors (Lipinski definition) is 1. The average Bonchev–Trinajstić information content (AvgIpc) is 2.33. The zero-order valence-electron chi connectivity index (χ0n) is 11.0. The largest absolute Gasteiger partial charge is 0.381 e. The number of anilines is 1. The van der Waals surface area contributed by atoms with Gasteiger partial charge in [0.05, 0.1) is 0 Å². The molecule has 2 aromatic carbocycles. The molecule has 0 aromatic heterocycles. The van der Waals surface area contributed by atoms with Crippen LogP contribution in [-0.4, -0.2) is 0 Å². The smallest absolute Gasteiger partial charge is 0.0410 e. The van der Waals surface area contributed by atoms with Gasteiger partial charge in [0.1, 0.15) is 0 Å². The quantitative estimate of drug-likeness (QED) is 0.829. The second-order valence-electron chi connectivity index (χ2n) is 4.67. The highest BCUT2D eigenvalue weighted by atomic mass is 35.5. The molecule has 0 radical (unpaired) electrons. The summed E-state index contributed by atoms with van der Waals surface area (Å²) >= 11 is 5.95. The minimum Gasteiger partial charge on any atom is -0.381 e. The molecule has 0 fully saturated rings. The molecule has 0 atom stereocenters. The molecule has 0 aliphatic rings. The molecule has 0 amide bonds. The maximum atomic E-state index is 5.95. The summed E-state index contributed by atoms with van der Waals surface area (Å²) in [6.45, 7) is 7.22. The zero-order chi connectivity index (χ0) is 13.1. The normalized spacial score (nSPS) is 10.4. The molecule has 2 aromatic rings. The Morgan fingerprint density at radius 1 is 1.00 bits per heavy atom. The lowest BCUT2D eigenvalue weighted by Gasteiger charge is -2.12. The highest BCUT2D eigenvalue weighted by molar-refractivity contribution is 6.30. The second-order valence-corrected chi connectivity index (χ2v) is 5.11. The fourth-order valence-electron chi connectivity index (χ4n) is 2.02. The lowest BCUT2D eigenvalue weighted by Crippen LogP contribution is -2.03. The molecule has 18 heavy (non-hydrogen) atoms. The third kappa shape index (κ3) is 2.85. The van der Waals surface area contributed by atoms with Crippen LogP contribution in [0.2, 0.25) is 5.02 Å². The molecule has 2 rings (SSSR count). The number of benzene rings is 2. The molecule has 1 nitrogen and oxygen atoms in total. The summed E-state index contributed by atoms with van der Waals surface area (Å²) in [6, 6.07) is 12.3. The standard InChI is InChI=1S/C16H18ClN/c1-11-5-4-6-14(13(11)3)10-18-16-8-7-15(17)9-12(16)2/h4-9,18H,10H2,1-3H3. The summed E-state index contributed by atoms with van der Waals surface area (Å²) in [4.78, 5) is 0. The van der Waals surface area contributed by atoms with Gasteiger partial charge in [-0.2, -0.15) is 0 Å². The van der Waals surface area contributed by atoms with Gasteiger partial charge in [0.15, 0.2) is 0 Å². The fraction of sp³-hybridized carbons (Fsp3) is 0.250. The number of halogens is 1. The summed E-state index contributed by atoms with van der Waals surface area (Å²) in [5, 5.41) is 4.25. The Kier molecular flexibility index (Phi) is 3.93. The summed E-state index contributed by atoms with van der Waals surface area (Å²) < 4.78 is 0. The topological polar surface area (TPSA) is 12.0 Å². The van der Waals surface area contributed by atoms with Crippen molar-refractivity contribution in [3.05, 3.63) is 63.7 Å². The van der Waals surface area contributed by atoms with Gasteiger partial charge in [0, 0.05) is 17.3 Å². The van der Waals surface area contributed by atoms with Crippen molar-refractivity contribution >= 4 is 17.3 Å². The molecule has 94 valence electrons. The Morgan fingerprint density at radius 2 is 1.78 bits per heavy atom. The molecule has 0 saturated carbocycles. The van der Waals surface area contributed by atoms with Gasteiger partial charge >= 0.3 is 0 Å². The highest BCUT2D eigenvalue weighted by Gasteiger charge is 2.02. The lowest BCUT2D eigenvalue weighted by molar-refractivity contribution is 1.10. The van der Waals surface area contributed by atoms with Gasteiger partial charge in [0.25, 0.3) is 0 Å². The molecule has 0 aliphatic heterocycles. The predicted octanol–water partition coefficient (Wildman–Crippen LogP) is 4.88. The number of aryl methyl sites for hydroxylation is 2. The average molecular weight is 260 g/mol. The monoisotopic (exact) mass is 259 g/mol. The van der Waals surface area contributed by atoms with E-state index in [1.54, 1.807) is 0 Å². The van der Waals surface area contributed by atoms with Crippen LogP contribution in [-0.2, 0) is 6.54 Å². The Bertz CT molecular complexity index is 561. The first-order chi connectivity index (χ1) is 8.58. The second kappa shape index (κ2) is 5.45. The van der Waals surface area contributed by atoms with E-state index < -0.39 is 0 Å². The van der Waals surface area contributed by atoms with Crippen molar-refractivity contribution in [2.75, 3.05) is 5.32 Å². The predicted molar refractivity (Wildman–Crippen MR) is 79.4 cm³/mol. The molecule has 0 spiro atoms. The van der Waals surface area contributed by atoms with Gasteiger partial charge in [-0.15, -0.1) is 0 Å². The third-order valence-electron chi connectivity index (χ3n) is 3.37. The number of hydrogen-bond acceptors (Lipinski definition) is 1. The van der Waals surface area contributed by atoms with Crippen LogP contribution in [0.1, 0.15) is 22.3 Å². The van der Waals surface area contributed by atoms with Crippen LogP contribution in [0, 0.1) is 20.8 Å². The van der Waals surface area contributed by atoms with E-state index in [9.17, 15) is 0 Å². The van der Waals surface area contributed by atoms with Crippen molar-refractivity contribution in [2.45, 2.75) is 27.3 Å². The maximum absolute atomic E-state index is 5.95. The summed E-state index contributed by atoms with van der Waals surface area (Å²) in [5.41, 5.74) is 6.34. The van der Waals surface area contributed by atoms with Gasteiger partial charge in [-0.1, -0.05) is 29.8 Å². The van der Waals surface area contributed by atoms with E-state index in [4.69, 9.17) is 11.6 Å². The molecule has 2 heteroatoms. The van der Waals surface area contributed by atoms with Crippen molar-refractivity contribution in [3.8, 4) is 0 Å². The Balaban J connectivity index is 2.14. The fourth-order valence-corrected chi connectivity index (χ4v) is 2.25. The molecule has 0 heterocycles. The molecular formula is C16H18ClN. The van der Waals surface area contributed by atoms with Crippen molar-refractivity contribution in [1.82, 2.24) is 0 Å². The van der Waals surface area contributed by atoms with Crippen LogP contribution >= 0.6 is 11.6 Å². The van der Waals surface area contributed by atoms with E-state index in [0.717, 1.165) is 17.3 Å². The van der Waals surface area contributed by atoms with E-state index in [0.29, 0.717) is 0 Å². The Labute approximate surface area is 114 Å². The van der Waals surface area contributed by atoms with Crippen molar-refractivity contribution in [3.63, 3.8) is 0 Å². The minimum absolute atomic E-state index is 0.782. The van der Waals surface area contributed by atoms with Crippen LogP contribution in [0.3, 0.4) is 0 Å². The van der Waals surface area contributed by atoms with E-state index in [-0.39, 0.29) is 0 Å². The molecule has 0 saturated heterocycles.